The molecule has 0 N–H and O–H groups in total. The molecule has 0 unspecified atom stereocenters. The lowest BCUT2D eigenvalue weighted by Gasteiger charge is -2.34. The number of rotatable bonds is 4. The van der Waals surface area contributed by atoms with E-state index in [0.717, 1.165) is 28.6 Å². The van der Waals surface area contributed by atoms with Crippen LogP contribution in [-0.4, -0.2) is 43.9 Å². The molecule has 0 radical (unpaired) electrons. The van der Waals surface area contributed by atoms with Crippen LogP contribution < -0.4 is 4.90 Å². The van der Waals surface area contributed by atoms with Gasteiger partial charge in [0, 0.05) is 37.1 Å². The van der Waals surface area contributed by atoms with E-state index in [-0.39, 0.29) is 31.2 Å². The number of hydrogen-bond acceptors (Lipinski definition) is 5. The molecule has 1 saturated heterocycles. The Morgan fingerprint density at radius 2 is 1.67 bits per heavy atom. The van der Waals surface area contributed by atoms with Crippen LogP contribution >= 0.6 is 22.9 Å². The molecule has 1 aromatic heterocycles. The van der Waals surface area contributed by atoms with Crippen LogP contribution in [0.3, 0.4) is 0 Å². The van der Waals surface area contributed by atoms with Gasteiger partial charge in [-0.25, -0.2) is 22.2 Å². The van der Waals surface area contributed by atoms with Gasteiger partial charge in [0.2, 0.25) is 10.0 Å². The van der Waals surface area contributed by atoms with Crippen molar-refractivity contribution in [1.82, 2.24) is 9.29 Å². The van der Waals surface area contributed by atoms with Crippen LogP contribution in [0, 0.1) is 11.6 Å². The molecule has 0 aliphatic carbocycles. The standard InChI is InChI=1S/C20H15ClF5N3O2S2/c21-14-3-2-13(20(24,25)26)10-18(14)33(30,31)29-7-5-28(6-8-29)19-27-17(11-32-19)12-1-4-15(22)16(23)9-12/h1-4,9-11H,5-8H2. The summed E-state index contributed by atoms with van der Waals surface area (Å²) in [7, 11) is -4.25. The Kier molecular flexibility index (Phi) is 6.38. The minimum Gasteiger partial charge on any atom is -0.345 e. The number of anilines is 1. The highest BCUT2D eigenvalue weighted by Gasteiger charge is 2.35. The average molecular weight is 524 g/mol. The van der Waals surface area contributed by atoms with Gasteiger partial charge in [-0.15, -0.1) is 11.3 Å². The number of thiazole rings is 1. The highest BCUT2D eigenvalue weighted by molar-refractivity contribution is 7.89. The van der Waals surface area contributed by atoms with E-state index in [1.54, 1.807) is 5.38 Å². The second-order valence-corrected chi connectivity index (χ2v) is 10.3. The summed E-state index contributed by atoms with van der Waals surface area (Å²) in [6.07, 6.45) is -4.70. The van der Waals surface area contributed by atoms with Gasteiger partial charge in [-0.3, -0.25) is 0 Å². The predicted molar refractivity (Wildman–Crippen MR) is 115 cm³/mol. The van der Waals surface area contributed by atoms with Crippen LogP contribution in [0.1, 0.15) is 5.56 Å². The van der Waals surface area contributed by atoms with E-state index in [1.807, 2.05) is 4.90 Å². The topological polar surface area (TPSA) is 53.5 Å². The molecule has 2 aromatic carbocycles. The van der Waals surface area contributed by atoms with E-state index < -0.39 is 38.3 Å². The average Bonchev–Trinajstić information content (AvgIpc) is 3.25. The molecule has 176 valence electrons. The molecule has 0 amide bonds. The van der Waals surface area contributed by atoms with Gasteiger partial charge in [0.05, 0.1) is 16.3 Å². The SMILES string of the molecule is O=S(=O)(c1cc(C(F)(F)F)ccc1Cl)N1CCN(c2nc(-c3ccc(F)c(F)c3)cs2)CC1. The Hall–Kier alpha value is -2.28. The number of hydrogen-bond donors (Lipinski definition) is 0. The van der Waals surface area contributed by atoms with Crippen molar-refractivity contribution in [2.45, 2.75) is 11.1 Å². The molecule has 2 heterocycles. The summed E-state index contributed by atoms with van der Waals surface area (Å²) in [5.74, 6) is -1.96. The van der Waals surface area contributed by atoms with Gasteiger partial charge >= 0.3 is 6.18 Å². The number of nitrogens with zero attached hydrogens (tertiary/aromatic N) is 3. The first-order valence-electron chi connectivity index (χ1n) is 9.49. The van der Waals surface area contributed by atoms with E-state index in [1.165, 1.54) is 17.4 Å². The molecule has 0 saturated carbocycles. The van der Waals surface area contributed by atoms with Gasteiger partial charge < -0.3 is 4.90 Å². The fraction of sp³-hybridized carbons (Fsp3) is 0.250. The zero-order valence-corrected chi connectivity index (χ0v) is 19.0. The Morgan fingerprint density at radius 1 is 0.970 bits per heavy atom. The van der Waals surface area contributed by atoms with Crippen LogP contribution in [0.5, 0.6) is 0 Å². The molecule has 3 aromatic rings. The number of piperazine rings is 1. The molecule has 0 spiro atoms. The smallest absolute Gasteiger partial charge is 0.345 e. The van der Waals surface area contributed by atoms with Crippen LogP contribution in [0.2, 0.25) is 5.02 Å². The first-order valence-corrected chi connectivity index (χ1v) is 12.2. The summed E-state index contributed by atoms with van der Waals surface area (Å²) >= 11 is 7.17. The number of benzene rings is 2. The lowest BCUT2D eigenvalue weighted by Crippen LogP contribution is -2.48. The molecule has 13 heteroatoms. The fourth-order valence-corrected chi connectivity index (χ4v) is 6.14. The highest BCUT2D eigenvalue weighted by atomic mass is 35.5. The molecule has 0 atom stereocenters. The third kappa shape index (κ3) is 4.84. The summed E-state index contributed by atoms with van der Waals surface area (Å²) in [6, 6.07) is 5.64. The molecule has 0 bridgehead atoms. The van der Waals surface area contributed by atoms with Crippen molar-refractivity contribution in [3.63, 3.8) is 0 Å². The van der Waals surface area contributed by atoms with Crippen LogP contribution in [0.15, 0.2) is 46.7 Å². The zero-order chi connectivity index (χ0) is 24.0. The molecule has 1 aliphatic rings. The Morgan fingerprint density at radius 3 is 2.30 bits per heavy atom. The van der Waals surface area contributed by atoms with Crippen molar-refractivity contribution >= 4 is 38.1 Å². The normalized spacial score (nSPS) is 15.8. The van der Waals surface area contributed by atoms with Crippen molar-refractivity contribution in [3.8, 4) is 11.3 Å². The fourth-order valence-electron chi connectivity index (χ4n) is 3.33. The van der Waals surface area contributed by atoms with Crippen molar-refractivity contribution in [2.24, 2.45) is 0 Å². The minimum absolute atomic E-state index is 0.00893. The predicted octanol–water partition coefficient (Wildman–Crippen LogP) is 5.27. The maximum atomic E-state index is 13.5. The third-order valence-electron chi connectivity index (χ3n) is 5.09. The van der Waals surface area contributed by atoms with Gasteiger partial charge in [0.1, 0.15) is 4.90 Å². The second kappa shape index (κ2) is 8.82. The monoisotopic (exact) mass is 523 g/mol. The zero-order valence-electron chi connectivity index (χ0n) is 16.6. The van der Waals surface area contributed by atoms with Crippen LogP contribution in [0.4, 0.5) is 27.1 Å². The molecule has 5 nitrogen and oxygen atoms in total. The maximum Gasteiger partial charge on any atom is 0.416 e. The molecular weight excluding hydrogens is 509 g/mol. The summed E-state index contributed by atoms with van der Waals surface area (Å²) in [5, 5.41) is 1.94. The van der Waals surface area contributed by atoms with Gasteiger partial charge in [-0.1, -0.05) is 11.6 Å². The number of alkyl halides is 3. The highest BCUT2D eigenvalue weighted by Crippen LogP contribution is 2.35. The van der Waals surface area contributed by atoms with Crippen LogP contribution in [-0.2, 0) is 16.2 Å². The number of halogens is 6. The van der Waals surface area contributed by atoms with Gasteiger partial charge in [0.25, 0.3) is 0 Å². The molecule has 4 rings (SSSR count). The van der Waals surface area contributed by atoms with Gasteiger partial charge in [-0.05, 0) is 36.4 Å². The van der Waals surface area contributed by atoms with E-state index in [0.29, 0.717) is 22.5 Å². The largest absolute Gasteiger partial charge is 0.416 e. The summed E-state index contributed by atoms with van der Waals surface area (Å²) in [5.41, 5.74) is -0.256. The first-order chi connectivity index (χ1) is 15.5. The molecule has 1 aliphatic heterocycles. The van der Waals surface area contributed by atoms with E-state index in [4.69, 9.17) is 11.6 Å². The van der Waals surface area contributed by atoms with Crippen LogP contribution in [0.25, 0.3) is 11.3 Å². The third-order valence-corrected chi connectivity index (χ3v) is 8.37. The number of sulfonamides is 1. The first kappa shape index (κ1) is 23.9. The Labute approximate surface area is 195 Å². The maximum absolute atomic E-state index is 13.5. The lowest BCUT2D eigenvalue weighted by atomic mass is 10.2. The van der Waals surface area contributed by atoms with E-state index in [9.17, 15) is 30.4 Å². The summed E-state index contributed by atoms with van der Waals surface area (Å²) < 4.78 is 92.7. The molecule has 1 fully saturated rings. The summed E-state index contributed by atoms with van der Waals surface area (Å²) in [4.78, 5) is 5.63. The van der Waals surface area contributed by atoms with Gasteiger partial charge in [0.15, 0.2) is 16.8 Å². The van der Waals surface area contributed by atoms with Crippen molar-refractivity contribution in [1.29, 1.82) is 0 Å². The molecular formula is C20H15ClF5N3O2S2. The quantitative estimate of drug-likeness (QED) is 0.437. The Balaban J connectivity index is 1.49. The van der Waals surface area contributed by atoms with Crippen molar-refractivity contribution in [2.75, 3.05) is 31.1 Å². The van der Waals surface area contributed by atoms with Gasteiger partial charge in [-0.2, -0.15) is 17.5 Å². The summed E-state index contributed by atoms with van der Waals surface area (Å²) in [6.45, 7) is 0.491. The van der Waals surface area contributed by atoms with E-state index in [2.05, 4.69) is 4.98 Å². The second-order valence-electron chi connectivity index (χ2n) is 7.18. The number of aromatic nitrogens is 1. The van der Waals surface area contributed by atoms with Crippen molar-refractivity contribution in [3.05, 3.63) is 64.0 Å². The minimum atomic E-state index is -4.70. The van der Waals surface area contributed by atoms with E-state index >= 15 is 0 Å². The molecule has 33 heavy (non-hydrogen) atoms. The lowest BCUT2D eigenvalue weighted by molar-refractivity contribution is -0.137. The van der Waals surface area contributed by atoms with Crippen molar-refractivity contribution < 1.29 is 30.4 Å². The Bertz CT molecular complexity index is 1290.